The Morgan fingerprint density at radius 1 is 1.38 bits per heavy atom. The molecule has 0 bridgehead atoms. The van der Waals surface area contributed by atoms with Crippen LogP contribution in [0.15, 0.2) is 24.3 Å². The number of nitrogens with zero attached hydrogens (tertiary/aromatic N) is 1. The summed E-state index contributed by atoms with van der Waals surface area (Å²) in [6.45, 7) is 10.8. The summed E-state index contributed by atoms with van der Waals surface area (Å²) in [5.74, 6) is 0.988. The standard InChI is InChI=1S/C18H30N2O/c1-4-9-19-17-8-10-20(16(3)14-17)11-12-21-18-7-5-6-15(2)13-18/h5-7,13,16-17,19H,4,8-12,14H2,1-3H3. The molecule has 1 saturated heterocycles. The van der Waals surface area contributed by atoms with E-state index in [1.54, 1.807) is 0 Å². The minimum absolute atomic E-state index is 0.647. The van der Waals surface area contributed by atoms with Crippen molar-refractivity contribution in [3.05, 3.63) is 29.8 Å². The van der Waals surface area contributed by atoms with Crippen molar-refractivity contribution in [2.24, 2.45) is 0 Å². The van der Waals surface area contributed by atoms with Crippen molar-refractivity contribution in [2.75, 3.05) is 26.2 Å². The van der Waals surface area contributed by atoms with E-state index in [1.165, 1.54) is 31.4 Å². The maximum absolute atomic E-state index is 5.87. The molecule has 3 heteroatoms. The number of aryl methyl sites for hydroxylation is 1. The summed E-state index contributed by atoms with van der Waals surface area (Å²) in [5.41, 5.74) is 1.25. The maximum atomic E-state index is 5.87. The molecule has 1 heterocycles. The molecular formula is C18H30N2O. The lowest BCUT2D eigenvalue weighted by Gasteiger charge is -2.38. The number of likely N-dealkylation sites (tertiary alicyclic amines) is 1. The second-order valence-corrected chi connectivity index (χ2v) is 6.23. The largest absolute Gasteiger partial charge is 0.492 e. The minimum Gasteiger partial charge on any atom is -0.492 e. The number of hydrogen-bond donors (Lipinski definition) is 1. The van der Waals surface area contributed by atoms with Crippen molar-refractivity contribution in [1.29, 1.82) is 0 Å². The third-order valence-electron chi connectivity index (χ3n) is 4.33. The van der Waals surface area contributed by atoms with Gasteiger partial charge in [-0.25, -0.2) is 0 Å². The number of benzene rings is 1. The van der Waals surface area contributed by atoms with Crippen LogP contribution in [0.4, 0.5) is 0 Å². The molecule has 0 saturated carbocycles. The maximum Gasteiger partial charge on any atom is 0.119 e. The molecule has 1 fully saturated rings. The third kappa shape index (κ3) is 5.33. The number of rotatable bonds is 7. The molecule has 0 radical (unpaired) electrons. The van der Waals surface area contributed by atoms with E-state index < -0.39 is 0 Å². The SMILES string of the molecule is CCCNC1CCN(CCOc2cccc(C)c2)C(C)C1. The molecule has 1 aliphatic rings. The smallest absolute Gasteiger partial charge is 0.119 e. The molecule has 1 aromatic rings. The van der Waals surface area contributed by atoms with E-state index >= 15 is 0 Å². The van der Waals surface area contributed by atoms with Crippen molar-refractivity contribution >= 4 is 0 Å². The minimum atomic E-state index is 0.647. The topological polar surface area (TPSA) is 24.5 Å². The second-order valence-electron chi connectivity index (χ2n) is 6.23. The summed E-state index contributed by atoms with van der Waals surface area (Å²) in [6.07, 6.45) is 3.73. The van der Waals surface area contributed by atoms with Crippen LogP contribution < -0.4 is 10.1 Å². The Morgan fingerprint density at radius 2 is 2.24 bits per heavy atom. The van der Waals surface area contributed by atoms with Gasteiger partial charge in [0.15, 0.2) is 0 Å². The van der Waals surface area contributed by atoms with Gasteiger partial charge in [-0.05, 0) is 57.4 Å². The summed E-state index contributed by atoms with van der Waals surface area (Å²) in [7, 11) is 0. The lowest BCUT2D eigenvalue weighted by molar-refractivity contribution is 0.115. The summed E-state index contributed by atoms with van der Waals surface area (Å²) in [5, 5.41) is 3.65. The van der Waals surface area contributed by atoms with Crippen LogP contribution in [0.1, 0.15) is 38.7 Å². The lowest BCUT2D eigenvalue weighted by Crippen LogP contribution is -2.48. The molecule has 0 aromatic heterocycles. The molecule has 0 amide bonds. The van der Waals surface area contributed by atoms with Gasteiger partial charge in [0.2, 0.25) is 0 Å². The molecule has 0 spiro atoms. The highest BCUT2D eigenvalue weighted by molar-refractivity contribution is 5.27. The van der Waals surface area contributed by atoms with Gasteiger partial charge in [0.25, 0.3) is 0 Å². The van der Waals surface area contributed by atoms with Crippen LogP contribution in [-0.2, 0) is 0 Å². The first-order valence-electron chi connectivity index (χ1n) is 8.36. The monoisotopic (exact) mass is 290 g/mol. The Labute approximate surface area is 129 Å². The number of ether oxygens (including phenoxy) is 1. The summed E-state index contributed by atoms with van der Waals surface area (Å²) >= 11 is 0. The van der Waals surface area contributed by atoms with E-state index in [1.807, 2.05) is 6.07 Å². The van der Waals surface area contributed by atoms with E-state index in [9.17, 15) is 0 Å². The Balaban J connectivity index is 1.69. The highest BCUT2D eigenvalue weighted by Gasteiger charge is 2.24. The molecule has 2 unspecified atom stereocenters. The number of nitrogens with one attached hydrogen (secondary N) is 1. The zero-order valence-electron chi connectivity index (χ0n) is 13.8. The van der Waals surface area contributed by atoms with Gasteiger partial charge in [-0.2, -0.15) is 0 Å². The molecule has 118 valence electrons. The first-order valence-corrected chi connectivity index (χ1v) is 8.36. The molecule has 1 aromatic carbocycles. The van der Waals surface area contributed by atoms with Crippen LogP contribution in [0, 0.1) is 6.92 Å². The second kappa shape index (κ2) is 8.40. The molecular weight excluding hydrogens is 260 g/mol. The lowest BCUT2D eigenvalue weighted by atomic mass is 9.98. The molecule has 2 rings (SSSR count). The van der Waals surface area contributed by atoms with Crippen LogP contribution in [-0.4, -0.2) is 43.2 Å². The van der Waals surface area contributed by atoms with Gasteiger partial charge in [0.1, 0.15) is 12.4 Å². The van der Waals surface area contributed by atoms with E-state index in [2.05, 4.69) is 49.2 Å². The highest BCUT2D eigenvalue weighted by atomic mass is 16.5. The van der Waals surface area contributed by atoms with Gasteiger partial charge >= 0.3 is 0 Å². The van der Waals surface area contributed by atoms with E-state index in [4.69, 9.17) is 4.74 Å². The Kier molecular flexibility index (Phi) is 6.52. The fourth-order valence-electron chi connectivity index (χ4n) is 3.07. The Bertz CT molecular complexity index is 421. The summed E-state index contributed by atoms with van der Waals surface area (Å²) in [4.78, 5) is 2.56. The van der Waals surface area contributed by atoms with Crippen LogP contribution in [0.2, 0.25) is 0 Å². The molecule has 1 aliphatic heterocycles. The highest BCUT2D eigenvalue weighted by Crippen LogP contribution is 2.18. The van der Waals surface area contributed by atoms with Crippen molar-refractivity contribution in [1.82, 2.24) is 10.2 Å². The first-order chi connectivity index (χ1) is 10.2. The van der Waals surface area contributed by atoms with E-state index in [-0.39, 0.29) is 0 Å². The zero-order valence-corrected chi connectivity index (χ0v) is 13.8. The van der Waals surface area contributed by atoms with Crippen LogP contribution >= 0.6 is 0 Å². The van der Waals surface area contributed by atoms with Crippen molar-refractivity contribution in [3.63, 3.8) is 0 Å². The predicted molar refractivity (Wildman–Crippen MR) is 89.0 cm³/mol. The van der Waals surface area contributed by atoms with Gasteiger partial charge in [-0.15, -0.1) is 0 Å². The van der Waals surface area contributed by atoms with Crippen molar-refractivity contribution in [3.8, 4) is 5.75 Å². The normalized spacial score (nSPS) is 23.2. The Hall–Kier alpha value is -1.06. The van der Waals surface area contributed by atoms with Crippen LogP contribution in [0.25, 0.3) is 0 Å². The molecule has 1 N–H and O–H groups in total. The molecule has 3 nitrogen and oxygen atoms in total. The fourth-order valence-corrected chi connectivity index (χ4v) is 3.07. The average molecular weight is 290 g/mol. The average Bonchev–Trinajstić information content (AvgIpc) is 2.47. The summed E-state index contributed by atoms with van der Waals surface area (Å²) < 4.78 is 5.87. The van der Waals surface area contributed by atoms with Gasteiger partial charge in [0.05, 0.1) is 0 Å². The molecule has 0 aliphatic carbocycles. The van der Waals surface area contributed by atoms with Gasteiger partial charge in [0, 0.05) is 25.2 Å². The number of hydrogen-bond acceptors (Lipinski definition) is 3. The van der Waals surface area contributed by atoms with Crippen LogP contribution in [0.3, 0.4) is 0 Å². The molecule has 21 heavy (non-hydrogen) atoms. The Morgan fingerprint density at radius 3 is 2.95 bits per heavy atom. The van der Waals surface area contributed by atoms with Crippen LogP contribution in [0.5, 0.6) is 5.75 Å². The third-order valence-corrected chi connectivity index (χ3v) is 4.33. The van der Waals surface area contributed by atoms with E-state index in [0.717, 1.165) is 25.4 Å². The van der Waals surface area contributed by atoms with Crippen molar-refractivity contribution < 1.29 is 4.74 Å². The van der Waals surface area contributed by atoms with Gasteiger partial charge in [-0.3, -0.25) is 4.90 Å². The van der Waals surface area contributed by atoms with Gasteiger partial charge in [-0.1, -0.05) is 19.1 Å². The van der Waals surface area contributed by atoms with E-state index in [0.29, 0.717) is 12.1 Å². The molecule has 2 atom stereocenters. The first kappa shape index (κ1) is 16.3. The fraction of sp³-hybridized carbons (Fsp3) is 0.667. The summed E-state index contributed by atoms with van der Waals surface area (Å²) in [6, 6.07) is 9.64. The predicted octanol–water partition coefficient (Wildman–Crippen LogP) is 3.23. The van der Waals surface area contributed by atoms with Crippen molar-refractivity contribution in [2.45, 2.75) is 52.1 Å². The van der Waals surface area contributed by atoms with Gasteiger partial charge < -0.3 is 10.1 Å². The zero-order chi connectivity index (χ0) is 15.1. The quantitative estimate of drug-likeness (QED) is 0.834. The number of piperidine rings is 1.